The van der Waals surface area contributed by atoms with Gasteiger partial charge in [0.1, 0.15) is 5.75 Å². The number of guanidine groups is 1. The van der Waals surface area contributed by atoms with Crippen LogP contribution in [0.1, 0.15) is 44.2 Å². The average molecular weight is 365 g/mol. The molecule has 5 heteroatoms. The zero-order valence-electron chi connectivity index (χ0n) is 16.4. The number of nitrogens with zero attached hydrogens (tertiary/aromatic N) is 2. The smallest absolute Gasteiger partial charge is 0.225 e. The zero-order valence-corrected chi connectivity index (χ0v) is 16.4. The maximum absolute atomic E-state index is 6.51. The number of hydroxylamine groups is 2. The van der Waals surface area contributed by atoms with Crippen molar-refractivity contribution in [2.24, 2.45) is 4.99 Å². The van der Waals surface area contributed by atoms with Crippen LogP contribution in [0.3, 0.4) is 0 Å². The Morgan fingerprint density at radius 3 is 2.52 bits per heavy atom. The fourth-order valence-electron chi connectivity index (χ4n) is 3.83. The van der Waals surface area contributed by atoms with Crippen LogP contribution in [-0.2, 0) is 10.6 Å². The molecule has 0 saturated carbocycles. The summed E-state index contributed by atoms with van der Waals surface area (Å²) in [4.78, 5) is 11.6. The summed E-state index contributed by atoms with van der Waals surface area (Å²) in [7, 11) is 1.91. The molecule has 27 heavy (non-hydrogen) atoms. The van der Waals surface area contributed by atoms with Crippen molar-refractivity contribution < 1.29 is 9.57 Å². The molecule has 142 valence electrons. The van der Waals surface area contributed by atoms with Crippen molar-refractivity contribution in [1.29, 1.82) is 0 Å². The number of rotatable bonds is 1. The first-order valence-corrected chi connectivity index (χ1v) is 9.47. The molecule has 2 heterocycles. The van der Waals surface area contributed by atoms with Crippen molar-refractivity contribution in [2.45, 2.75) is 44.4 Å². The van der Waals surface area contributed by atoms with Crippen LogP contribution in [-0.4, -0.2) is 30.2 Å². The van der Waals surface area contributed by atoms with Crippen molar-refractivity contribution in [3.8, 4) is 5.75 Å². The number of aliphatic imine (C=N–C) groups is 1. The Labute approximate surface area is 161 Å². The second-order valence-corrected chi connectivity index (χ2v) is 8.19. The van der Waals surface area contributed by atoms with E-state index in [1.54, 1.807) is 5.06 Å². The minimum Gasteiger partial charge on any atom is -0.493 e. The first kappa shape index (κ1) is 17.9. The molecule has 0 aromatic heterocycles. The van der Waals surface area contributed by atoms with Gasteiger partial charge in [0.25, 0.3) is 0 Å². The highest BCUT2D eigenvalue weighted by Crippen LogP contribution is 2.51. The molecule has 0 fully saturated rings. The third-order valence-electron chi connectivity index (χ3n) is 4.94. The van der Waals surface area contributed by atoms with E-state index in [0.29, 0.717) is 6.61 Å². The minimum atomic E-state index is -0.850. The molecule has 2 aromatic rings. The van der Waals surface area contributed by atoms with E-state index in [2.05, 4.69) is 56.4 Å². The molecule has 5 nitrogen and oxygen atoms in total. The molecule has 0 saturated heterocycles. The summed E-state index contributed by atoms with van der Waals surface area (Å²) in [5, 5.41) is 5.23. The highest BCUT2D eigenvalue weighted by Gasteiger charge is 2.51. The molecule has 2 aliphatic heterocycles. The van der Waals surface area contributed by atoms with Gasteiger partial charge in [0.2, 0.25) is 11.7 Å². The van der Waals surface area contributed by atoms with Gasteiger partial charge in [0.15, 0.2) is 0 Å². The molecule has 4 rings (SSSR count). The summed E-state index contributed by atoms with van der Waals surface area (Å²) >= 11 is 0. The Kier molecular flexibility index (Phi) is 4.35. The molecule has 0 radical (unpaired) electrons. The lowest BCUT2D eigenvalue weighted by Gasteiger charge is -2.33. The largest absolute Gasteiger partial charge is 0.493 e. The Bertz CT molecular complexity index is 844. The lowest BCUT2D eigenvalue weighted by Crippen LogP contribution is -2.46. The summed E-state index contributed by atoms with van der Waals surface area (Å²) in [6, 6.07) is 18.5. The van der Waals surface area contributed by atoms with Gasteiger partial charge in [-0.15, -0.1) is 0 Å². The highest BCUT2D eigenvalue weighted by atomic mass is 16.7. The summed E-state index contributed by atoms with van der Waals surface area (Å²) in [5.41, 5.74) is 1.20. The van der Waals surface area contributed by atoms with E-state index < -0.39 is 5.72 Å². The molecular weight excluding hydrogens is 338 g/mol. The van der Waals surface area contributed by atoms with Crippen LogP contribution in [0.25, 0.3) is 0 Å². The number of hydrogen-bond acceptors (Lipinski definition) is 5. The first-order valence-electron chi connectivity index (χ1n) is 9.47. The topological polar surface area (TPSA) is 46.1 Å². The summed E-state index contributed by atoms with van der Waals surface area (Å²) in [6.07, 6.45) is 0.818. The minimum absolute atomic E-state index is 0.0454. The number of benzene rings is 2. The fourth-order valence-corrected chi connectivity index (χ4v) is 3.83. The van der Waals surface area contributed by atoms with Crippen LogP contribution in [0.2, 0.25) is 0 Å². The van der Waals surface area contributed by atoms with Gasteiger partial charge in [-0.2, -0.15) is 0 Å². The zero-order chi connectivity index (χ0) is 19.1. The molecule has 0 aliphatic carbocycles. The van der Waals surface area contributed by atoms with Crippen LogP contribution in [0, 0.1) is 0 Å². The monoisotopic (exact) mass is 365 g/mol. The summed E-state index contributed by atoms with van der Waals surface area (Å²) in [6.45, 7) is 6.98. The predicted octanol–water partition coefficient (Wildman–Crippen LogP) is 4.03. The van der Waals surface area contributed by atoms with E-state index in [4.69, 9.17) is 14.6 Å². The number of ether oxygens (including phenoxy) is 1. The predicted molar refractivity (Wildman–Crippen MR) is 107 cm³/mol. The van der Waals surface area contributed by atoms with Gasteiger partial charge in [-0.3, -0.25) is 0 Å². The number of hydrogen-bond donors (Lipinski definition) is 1. The van der Waals surface area contributed by atoms with Crippen LogP contribution in [0.5, 0.6) is 5.75 Å². The molecule has 0 amide bonds. The molecule has 0 bridgehead atoms. The third-order valence-corrected chi connectivity index (χ3v) is 4.94. The summed E-state index contributed by atoms with van der Waals surface area (Å²) < 4.78 is 6.07. The second kappa shape index (κ2) is 6.57. The van der Waals surface area contributed by atoms with Gasteiger partial charge in [-0.1, -0.05) is 48.5 Å². The van der Waals surface area contributed by atoms with Crippen LogP contribution in [0.15, 0.2) is 59.6 Å². The molecule has 1 spiro atoms. The van der Waals surface area contributed by atoms with Crippen LogP contribution in [0.4, 0.5) is 0 Å². The molecule has 2 aromatic carbocycles. The van der Waals surface area contributed by atoms with E-state index in [1.807, 2.05) is 31.3 Å². The van der Waals surface area contributed by atoms with Crippen molar-refractivity contribution in [1.82, 2.24) is 10.4 Å². The standard InChI is InChI=1S/C22H27N3O2/c1-21(2,3)23-20-24-22(27-25(20)4)17(16-10-6-5-7-11-16)14-15-26-19-13-9-8-12-18(19)22/h5-13,17H,14-15H2,1-4H3,(H,23,24). The third kappa shape index (κ3) is 3.28. The van der Waals surface area contributed by atoms with E-state index in [0.717, 1.165) is 23.7 Å². The van der Waals surface area contributed by atoms with Crippen molar-refractivity contribution in [3.05, 3.63) is 65.7 Å². The Morgan fingerprint density at radius 1 is 1.07 bits per heavy atom. The van der Waals surface area contributed by atoms with Crippen molar-refractivity contribution in [2.75, 3.05) is 13.7 Å². The van der Waals surface area contributed by atoms with Gasteiger partial charge in [0.05, 0.1) is 12.2 Å². The Balaban J connectivity index is 1.89. The molecule has 2 atom stereocenters. The summed E-state index contributed by atoms with van der Waals surface area (Å²) in [5.74, 6) is 1.62. The Morgan fingerprint density at radius 2 is 1.78 bits per heavy atom. The van der Waals surface area contributed by atoms with Crippen molar-refractivity contribution >= 4 is 5.96 Å². The number of fused-ring (bicyclic) bond motifs is 2. The number of nitrogens with one attached hydrogen (secondary N) is 1. The molecule has 1 N–H and O–H groups in total. The first-order chi connectivity index (χ1) is 12.9. The Hall–Kier alpha value is -2.53. The van der Waals surface area contributed by atoms with Gasteiger partial charge >= 0.3 is 0 Å². The molecule has 2 aliphatic rings. The maximum Gasteiger partial charge on any atom is 0.225 e. The lowest BCUT2D eigenvalue weighted by molar-refractivity contribution is -0.185. The quantitative estimate of drug-likeness (QED) is 0.829. The molecule has 2 unspecified atom stereocenters. The van der Waals surface area contributed by atoms with Crippen LogP contribution >= 0.6 is 0 Å². The van der Waals surface area contributed by atoms with Gasteiger partial charge in [-0.25, -0.2) is 14.9 Å². The van der Waals surface area contributed by atoms with E-state index in [-0.39, 0.29) is 11.5 Å². The maximum atomic E-state index is 6.51. The highest BCUT2D eigenvalue weighted by molar-refractivity contribution is 5.81. The second-order valence-electron chi connectivity index (χ2n) is 8.19. The van der Waals surface area contributed by atoms with E-state index in [9.17, 15) is 0 Å². The van der Waals surface area contributed by atoms with Gasteiger partial charge < -0.3 is 10.1 Å². The normalized spacial score (nSPS) is 24.8. The number of para-hydroxylation sites is 1. The lowest BCUT2D eigenvalue weighted by atomic mass is 9.82. The van der Waals surface area contributed by atoms with E-state index >= 15 is 0 Å². The average Bonchev–Trinajstić information content (AvgIpc) is 2.85. The van der Waals surface area contributed by atoms with E-state index in [1.165, 1.54) is 5.56 Å². The van der Waals surface area contributed by atoms with Gasteiger partial charge in [0, 0.05) is 18.5 Å². The van der Waals surface area contributed by atoms with Gasteiger partial charge in [-0.05, 0) is 38.8 Å². The fraction of sp³-hybridized carbons (Fsp3) is 0.409. The SMILES string of the molecule is CN1OC2(N=C1NC(C)(C)C)c1ccccc1OCCC2c1ccccc1. The van der Waals surface area contributed by atoms with Crippen molar-refractivity contribution in [3.63, 3.8) is 0 Å². The molecular formula is C22H27N3O2. The van der Waals surface area contributed by atoms with Crippen LogP contribution < -0.4 is 10.1 Å².